The monoisotopic (exact) mass is 673 g/mol. The zero-order chi connectivity index (χ0) is 34.7. The van der Waals surface area contributed by atoms with Gasteiger partial charge in [-0.2, -0.15) is 0 Å². The van der Waals surface area contributed by atoms with Crippen molar-refractivity contribution in [2.24, 2.45) is 0 Å². The van der Waals surface area contributed by atoms with Crippen molar-refractivity contribution in [1.82, 2.24) is 14.1 Å². The summed E-state index contributed by atoms with van der Waals surface area (Å²) >= 11 is 0. The molecule has 3 nitrogen and oxygen atoms in total. The van der Waals surface area contributed by atoms with Crippen LogP contribution in [0.4, 0.5) is 0 Å². The van der Waals surface area contributed by atoms with E-state index in [4.69, 9.17) is 4.98 Å². The minimum absolute atomic E-state index is 0.451. The second kappa shape index (κ2) is 10.5. The number of benzene rings is 8. The van der Waals surface area contributed by atoms with Crippen LogP contribution >= 0.6 is 0 Å². The van der Waals surface area contributed by atoms with Crippen LogP contribution in [-0.4, -0.2) is 14.1 Å². The van der Waals surface area contributed by atoms with Gasteiger partial charge in [-0.15, -0.1) is 0 Å². The average molecular weight is 674 g/mol. The Morgan fingerprint density at radius 2 is 1.06 bits per heavy atom. The minimum Gasteiger partial charge on any atom is -0.309 e. The predicted molar refractivity (Wildman–Crippen MR) is 217 cm³/mol. The van der Waals surface area contributed by atoms with E-state index in [0.29, 0.717) is 0 Å². The van der Waals surface area contributed by atoms with Gasteiger partial charge in [0.05, 0.1) is 33.2 Å². The Morgan fingerprint density at radius 1 is 0.396 bits per heavy atom. The van der Waals surface area contributed by atoms with E-state index in [1.54, 1.807) is 0 Å². The first-order valence-electron chi connectivity index (χ1n) is 18.3. The van der Waals surface area contributed by atoms with Crippen molar-refractivity contribution in [3.8, 4) is 45.0 Å². The highest BCUT2D eigenvalue weighted by atomic mass is 15.1. The minimum atomic E-state index is -0.451. The van der Waals surface area contributed by atoms with Crippen molar-refractivity contribution in [1.29, 1.82) is 0 Å². The van der Waals surface area contributed by atoms with Crippen LogP contribution in [0, 0.1) is 0 Å². The summed E-state index contributed by atoms with van der Waals surface area (Å²) in [6.07, 6.45) is 0. The number of rotatable bonds is 3. The Bertz CT molecular complexity index is 3130. The fourth-order valence-electron chi connectivity index (χ4n) is 9.64. The maximum atomic E-state index is 5.11. The summed E-state index contributed by atoms with van der Waals surface area (Å²) in [5, 5.41) is 2.59. The maximum absolute atomic E-state index is 5.11. The SMILES string of the molecule is c1ccc(-c2nc3ccccc3n2-c2cccc(-c3ccc4c(c3)-c3ccccc3C43c4ccccc4-n4c5ccccc5c5cccc3c54)c2)cc1. The van der Waals surface area contributed by atoms with Gasteiger partial charge in [-0.1, -0.05) is 146 Å². The summed E-state index contributed by atoms with van der Waals surface area (Å²) in [4.78, 5) is 5.11. The predicted octanol–water partition coefficient (Wildman–Crippen LogP) is 12.1. The molecule has 1 spiro atoms. The van der Waals surface area contributed by atoms with Crippen molar-refractivity contribution in [3.63, 3.8) is 0 Å². The Labute approximate surface area is 306 Å². The van der Waals surface area contributed by atoms with E-state index in [9.17, 15) is 0 Å². The highest BCUT2D eigenvalue weighted by Gasteiger charge is 2.50. The molecule has 53 heavy (non-hydrogen) atoms. The number of para-hydroxylation sites is 5. The number of hydrogen-bond donors (Lipinski definition) is 0. The average Bonchev–Trinajstić information content (AvgIpc) is 3.88. The molecule has 0 saturated carbocycles. The van der Waals surface area contributed by atoms with Gasteiger partial charge in [0.25, 0.3) is 0 Å². The lowest BCUT2D eigenvalue weighted by molar-refractivity contribution is 0.748. The fourth-order valence-corrected chi connectivity index (χ4v) is 9.64. The largest absolute Gasteiger partial charge is 0.309 e. The quantitative estimate of drug-likeness (QED) is 0.183. The molecule has 2 aromatic heterocycles. The van der Waals surface area contributed by atoms with Gasteiger partial charge in [0, 0.05) is 22.0 Å². The second-order valence-electron chi connectivity index (χ2n) is 14.3. The summed E-state index contributed by atoms with van der Waals surface area (Å²) in [5.74, 6) is 0.941. The van der Waals surface area contributed by atoms with Crippen LogP contribution in [0.25, 0.3) is 77.9 Å². The standard InChI is InChI=1S/C50H31N3/c1-2-14-32(15-3-1)49-51-44-24-8-11-27-47(44)52(49)35-17-12-16-33(30-35)34-28-29-41-39(31-34)36-18-4-6-21-40(36)50(41)42-22-7-10-26-46(42)53-45-25-9-5-19-37(45)38-20-13-23-43(50)48(38)53/h1-31H. The molecule has 1 aliphatic carbocycles. The van der Waals surface area contributed by atoms with E-state index in [2.05, 4.69) is 197 Å². The van der Waals surface area contributed by atoms with E-state index in [1.807, 2.05) is 0 Å². The van der Waals surface area contributed by atoms with Gasteiger partial charge < -0.3 is 4.57 Å². The van der Waals surface area contributed by atoms with Crippen molar-refractivity contribution in [2.75, 3.05) is 0 Å². The molecular formula is C50H31N3. The van der Waals surface area contributed by atoms with Crippen molar-refractivity contribution in [2.45, 2.75) is 5.41 Å². The summed E-state index contributed by atoms with van der Waals surface area (Å²) in [5.41, 5.74) is 17.9. The van der Waals surface area contributed by atoms with Crippen LogP contribution in [0.5, 0.6) is 0 Å². The van der Waals surface area contributed by atoms with E-state index in [1.165, 1.54) is 72.0 Å². The van der Waals surface area contributed by atoms with Gasteiger partial charge in [0.2, 0.25) is 0 Å². The van der Waals surface area contributed by atoms with Crippen LogP contribution in [-0.2, 0) is 5.41 Å². The molecule has 246 valence electrons. The fraction of sp³-hybridized carbons (Fsp3) is 0.0200. The molecule has 10 aromatic rings. The molecule has 2 aliphatic rings. The number of nitrogens with zero attached hydrogens (tertiary/aromatic N) is 3. The van der Waals surface area contributed by atoms with Crippen LogP contribution in [0.2, 0.25) is 0 Å². The molecule has 3 heteroatoms. The second-order valence-corrected chi connectivity index (χ2v) is 14.3. The van der Waals surface area contributed by atoms with Crippen LogP contribution in [0.1, 0.15) is 22.3 Å². The zero-order valence-electron chi connectivity index (χ0n) is 28.7. The Morgan fingerprint density at radius 3 is 1.98 bits per heavy atom. The van der Waals surface area contributed by atoms with E-state index >= 15 is 0 Å². The van der Waals surface area contributed by atoms with Crippen LogP contribution < -0.4 is 0 Å². The van der Waals surface area contributed by atoms with Gasteiger partial charge in [-0.3, -0.25) is 4.57 Å². The van der Waals surface area contributed by atoms with Crippen molar-refractivity contribution >= 4 is 32.8 Å². The van der Waals surface area contributed by atoms with Crippen LogP contribution in [0.15, 0.2) is 188 Å². The molecule has 0 amide bonds. The Balaban J connectivity index is 1.10. The summed E-state index contributed by atoms with van der Waals surface area (Å²) < 4.78 is 4.80. The third-order valence-corrected chi connectivity index (χ3v) is 11.7. The first-order valence-corrected chi connectivity index (χ1v) is 18.3. The molecule has 3 heterocycles. The first kappa shape index (κ1) is 28.7. The molecule has 0 radical (unpaired) electrons. The third kappa shape index (κ3) is 3.70. The molecule has 1 unspecified atom stereocenters. The molecule has 0 bridgehead atoms. The normalized spacial score (nSPS) is 15.2. The van der Waals surface area contributed by atoms with Gasteiger partial charge in [0.15, 0.2) is 0 Å². The zero-order valence-corrected chi connectivity index (χ0v) is 28.7. The summed E-state index contributed by atoms with van der Waals surface area (Å²) in [6.45, 7) is 0. The molecule has 0 saturated heterocycles. The van der Waals surface area contributed by atoms with Crippen molar-refractivity contribution < 1.29 is 0 Å². The Kier molecular flexibility index (Phi) is 5.70. The summed E-state index contributed by atoms with van der Waals surface area (Å²) in [6, 6.07) is 68.9. The molecule has 0 fully saturated rings. The molecular weight excluding hydrogens is 643 g/mol. The maximum Gasteiger partial charge on any atom is 0.145 e. The highest BCUT2D eigenvalue weighted by Crippen LogP contribution is 2.61. The lowest BCUT2D eigenvalue weighted by Crippen LogP contribution is -2.33. The van der Waals surface area contributed by atoms with E-state index in [0.717, 1.165) is 28.1 Å². The lowest BCUT2D eigenvalue weighted by atomic mass is 9.65. The number of aromatic nitrogens is 3. The van der Waals surface area contributed by atoms with Gasteiger partial charge in [0.1, 0.15) is 5.82 Å². The van der Waals surface area contributed by atoms with Gasteiger partial charge in [-0.05, 0) is 87.0 Å². The van der Waals surface area contributed by atoms with Gasteiger partial charge >= 0.3 is 0 Å². The topological polar surface area (TPSA) is 22.8 Å². The summed E-state index contributed by atoms with van der Waals surface area (Å²) in [7, 11) is 0. The molecule has 12 rings (SSSR count). The molecule has 1 aliphatic heterocycles. The molecule has 1 atom stereocenters. The Hall–Kier alpha value is -6.97. The van der Waals surface area contributed by atoms with Gasteiger partial charge in [-0.25, -0.2) is 4.98 Å². The number of hydrogen-bond acceptors (Lipinski definition) is 1. The van der Waals surface area contributed by atoms with Crippen LogP contribution in [0.3, 0.4) is 0 Å². The highest BCUT2D eigenvalue weighted by molar-refractivity contribution is 6.12. The van der Waals surface area contributed by atoms with E-state index < -0.39 is 5.41 Å². The molecule has 8 aromatic carbocycles. The number of fused-ring (bicyclic) bond motifs is 13. The van der Waals surface area contributed by atoms with Crippen molar-refractivity contribution in [3.05, 3.63) is 210 Å². The first-order chi connectivity index (χ1) is 26.3. The molecule has 0 N–H and O–H groups in total. The lowest BCUT2D eigenvalue weighted by Gasteiger charge is -2.39. The van der Waals surface area contributed by atoms with E-state index in [-0.39, 0.29) is 0 Å². The third-order valence-electron chi connectivity index (χ3n) is 11.7. The number of imidazole rings is 1. The smallest absolute Gasteiger partial charge is 0.145 e.